The van der Waals surface area contributed by atoms with Crippen molar-refractivity contribution in [3.63, 3.8) is 0 Å². The van der Waals surface area contributed by atoms with E-state index in [1.54, 1.807) is 0 Å². The van der Waals surface area contributed by atoms with E-state index in [-0.39, 0.29) is 22.1 Å². The molecule has 0 saturated carbocycles. The van der Waals surface area contributed by atoms with Gasteiger partial charge in [0.05, 0.1) is 14.2 Å². The summed E-state index contributed by atoms with van der Waals surface area (Å²) in [6.45, 7) is 0. The molecular formula is C17H17ClFNO5S. The summed E-state index contributed by atoms with van der Waals surface area (Å²) in [5.41, 5.74) is 0.558. The van der Waals surface area contributed by atoms with Crippen LogP contribution in [-0.2, 0) is 26.0 Å². The van der Waals surface area contributed by atoms with Crippen molar-refractivity contribution in [3.8, 4) is 5.75 Å². The Bertz CT molecular complexity index is 887. The molecular weight excluding hydrogens is 385 g/mol. The summed E-state index contributed by atoms with van der Waals surface area (Å²) in [4.78, 5) is 11.8. The Morgan fingerprint density at radius 3 is 2.42 bits per heavy atom. The van der Waals surface area contributed by atoms with Crippen LogP contribution in [0.15, 0.2) is 47.4 Å². The fourth-order valence-electron chi connectivity index (χ4n) is 2.28. The molecule has 0 fully saturated rings. The number of hydrogen-bond donors (Lipinski definition) is 1. The van der Waals surface area contributed by atoms with Gasteiger partial charge in [-0.3, -0.25) is 4.79 Å². The number of esters is 1. The van der Waals surface area contributed by atoms with Gasteiger partial charge in [-0.25, -0.2) is 12.8 Å². The van der Waals surface area contributed by atoms with Crippen LogP contribution in [0.2, 0.25) is 5.02 Å². The SMILES string of the molecule is COC(=O)C(Cc1ccc(F)cc1)NS(=O)(=O)c1cc(Cl)ccc1OC. The number of ether oxygens (including phenoxy) is 2. The molecule has 0 saturated heterocycles. The molecule has 26 heavy (non-hydrogen) atoms. The van der Waals surface area contributed by atoms with Crippen LogP contribution in [-0.4, -0.2) is 34.6 Å². The third-order valence-corrected chi connectivity index (χ3v) is 5.28. The number of halogens is 2. The van der Waals surface area contributed by atoms with Gasteiger partial charge >= 0.3 is 5.97 Å². The smallest absolute Gasteiger partial charge is 0.324 e. The first-order valence-electron chi connectivity index (χ1n) is 7.45. The normalized spacial score (nSPS) is 12.5. The van der Waals surface area contributed by atoms with Crippen molar-refractivity contribution in [2.45, 2.75) is 17.4 Å². The predicted molar refractivity (Wildman–Crippen MR) is 94.2 cm³/mol. The lowest BCUT2D eigenvalue weighted by atomic mass is 10.1. The van der Waals surface area contributed by atoms with Gasteiger partial charge in [0.25, 0.3) is 0 Å². The summed E-state index contributed by atoms with van der Waals surface area (Å²) in [7, 11) is -1.68. The zero-order valence-electron chi connectivity index (χ0n) is 14.0. The molecule has 6 nitrogen and oxygen atoms in total. The first-order chi connectivity index (χ1) is 12.3. The standard InChI is InChI=1S/C17H17ClFNO5S/c1-24-15-8-5-12(18)10-16(15)26(22,23)20-14(17(21)25-2)9-11-3-6-13(19)7-4-11/h3-8,10,14,20H,9H2,1-2H3. The van der Waals surface area contributed by atoms with Crippen LogP contribution >= 0.6 is 11.6 Å². The van der Waals surface area contributed by atoms with Crippen molar-refractivity contribution in [1.82, 2.24) is 4.72 Å². The van der Waals surface area contributed by atoms with Crippen LogP contribution in [0.4, 0.5) is 4.39 Å². The van der Waals surface area contributed by atoms with Gasteiger partial charge < -0.3 is 9.47 Å². The van der Waals surface area contributed by atoms with E-state index in [1.807, 2.05) is 0 Å². The van der Waals surface area contributed by atoms with Crippen LogP contribution in [0.25, 0.3) is 0 Å². The molecule has 1 atom stereocenters. The minimum atomic E-state index is -4.14. The second-order valence-electron chi connectivity index (χ2n) is 5.32. The predicted octanol–water partition coefficient (Wildman–Crippen LogP) is 2.55. The third kappa shape index (κ3) is 4.94. The number of hydrogen-bond acceptors (Lipinski definition) is 5. The summed E-state index contributed by atoms with van der Waals surface area (Å²) in [5, 5.41) is 0.194. The van der Waals surface area contributed by atoms with E-state index in [4.69, 9.17) is 16.3 Å². The molecule has 0 aliphatic rings. The molecule has 0 aromatic heterocycles. The van der Waals surface area contributed by atoms with Crippen molar-refractivity contribution in [3.05, 3.63) is 58.9 Å². The van der Waals surface area contributed by atoms with E-state index >= 15 is 0 Å². The summed E-state index contributed by atoms with van der Waals surface area (Å²) in [6, 6.07) is 8.25. The number of carbonyl (C=O) groups is 1. The lowest BCUT2D eigenvalue weighted by Crippen LogP contribution is -2.43. The fourth-order valence-corrected chi connectivity index (χ4v) is 3.90. The minimum Gasteiger partial charge on any atom is -0.495 e. The van der Waals surface area contributed by atoms with Crippen LogP contribution in [0, 0.1) is 5.82 Å². The van der Waals surface area contributed by atoms with Gasteiger partial charge in [0.15, 0.2) is 0 Å². The summed E-state index contributed by atoms with van der Waals surface area (Å²) in [5.74, 6) is -1.14. The zero-order valence-corrected chi connectivity index (χ0v) is 15.6. The van der Waals surface area contributed by atoms with E-state index in [9.17, 15) is 17.6 Å². The van der Waals surface area contributed by atoms with E-state index in [1.165, 1.54) is 49.6 Å². The Kier molecular flexibility index (Phi) is 6.57. The van der Waals surface area contributed by atoms with Gasteiger partial charge in [-0.1, -0.05) is 23.7 Å². The number of methoxy groups -OCH3 is 2. The Morgan fingerprint density at radius 1 is 1.19 bits per heavy atom. The molecule has 1 N–H and O–H groups in total. The quantitative estimate of drug-likeness (QED) is 0.721. The molecule has 0 aliphatic carbocycles. The Morgan fingerprint density at radius 2 is 1.85 bits per heavy atom. The highest BCUT2D eigenvalue weighted by atomic mass is 35.5. The van der Waals surface area contributed by atoms with E-state index in [0.29, 0.717) is 5.56 Å². The zero-order chi connectivity index (χ0) is 19.3. The van der Waals surface area contributed by atoms with Crippen molar-refractivity contribution >= 4 is 27.6 Å². The Hall–Kier alpha value is -2.16. The van der Waals surface area contributed by atoms with Crippen molar-refractivity contribution < 1.29 is 27.1 Å². The molecule has 0 spiro atoms. The first-order valence-corrected chi connectivity index (χ1v) is 9.31. The highest BCUT2D eigenvalue weighted by Crippen LogP contribution is 2.27. The van der Waals surface area contributed by atoms with Gasteiger partial charge in [-0.15, -0.1) is 0 Å². The summed E-state index contributed by atoms with van der Waals surface area (Å²) < 4.78 is 50.5. The average Bonchev–Trinajstić information content (AvgIpc) is 2.62. The fraction of sp³-hybridized carbons (Fsp3) is 0.235. The van der Waals surface area contributed by atoms with Gasteiger partial charge in [0.1, 0.15) is 22.5 Å². The highest BCUT2D eigenvalue weighted by Gasteiger charge is 2.29. The monoisotopic (exact) mass is 401 g/mol. The average molecular weight is 402 g/mol. The lowest BCUT2D eigenvalue weighted by molar-refractivity contribution is -0.142. The number of sulfonamides is 1. The van der Waals surface area contributed by atoms with Crippen LogP contribution in [0.3, 0.4) is 0 Å². The molecule has 0 aliphatic heterocycles. The van der Waals surface area contributed by atoms with Gasteiger partial charge in [-0.2, -0.15) is 4.72 Å². The van der Waals surface area contributed by atoms with Crippen LogP contribution in [0.1, 0.15) is 5.56 Å². The van der Waals surface area contributed by atoms with E-state index < -0.39 is 27.9 Å². The number of rotatable bonds is 7. The Balaban J connectivity index is 2.33. The molecule has 140 valence electrons. The molecule has 2 rings (SSSR count). The molecule has 1 unspecified atom stereocenters. The molecule has 0 bridgehead atoms. The number of benzene rings is 2. The second kappa shape index (κ2) is 8.48. The lowest BCUT2D eigenvalue weighted by Gasteiger charge is -2.18. The van der Waals surface area contributed by atoms with Crippen LogP contribution < -0.4 is 9.46 Å². The minimum absolute atomic E-state index is 0.0188. The topological polar surface area (TPSA) is 81.7 Å². The van der Waals surface area contributed by atoms with Crippen molar-refractivity contribution in [2.75, 3.05) is 14.2 Å². The van der Waals surface area contributed by atoms with E-state index in [2.05, 4.69) is 9.46 Å². The number of carbonyl (C=O) groups excluding carboxylic acids is 1. The molecule has 2 aromatic carbocycles. The molecule has 0 heterocycles. The molecule has 0 radical (unpaired) electrons. The van der Waals surface area contributed by atoms with Gasteiger partial charge in [-0.05, 0) is 42.3 Å². The van der Waals surface area contributed by atoms with Crippen molar-refractivity contribution in [2.24, 2.45) is 0 Å². The number of nitrogens with one attached hydrogen (secondary N) is 1. The summed E-state index contributed by atoms with van der Waals surface area (Å²) in [6.07, 6.45) is -0.0188. The van der Waals surface area contributed by atoms with E-state index in [0.717, 1.165) is 7.11 Å². The highest BCUT2D eigenvalue weighted by molar-refractivity contribution is 7.89. The maximum Gasteiger partial charge on any atom is 0.324 e. The van der Waals surface area contributed by atoms with Crippen molar-refractivity contribution in [1.29, 1.82) is 0 Å². The van der Waals surface area contributed by atoms with Gasteiger partial charge in [0.2, 0.25) is 10.0 Å². The largest absolute Gasteiger partial charge is 0.495 e. The second-order valence-corrected chi connectivity index (χ2v) is 7.44. The maximum absolute atomic E-state index is 13.0. The van der Waals surface area contributed by atoms with Gasteiger partial charge in [0, 0.05) is 5.02 Å². The molecule has 0 amide bonds. The molecule has 9 heteroatoms. The Labute approximate surface area is 155 Å². The maximum atomic E-state index is 13.0. The third-order valence-electron chi connectivity index (χ3n) is 3.55. The molecule has 2 aromatic rings. The first kappa shape index (κ1) is 20.2. The van der Waals surface area contributed by atoms with Crippen LogP contribution in [0.5, 0.6) is 5.75 Å². The summed E-state index contributed by atoms with van der Waals surface area (Å²) >= 11 is 5.88.